The smallest absolute Gasteiger partial charge is 0.330 e. The maximum absolute atomic E-state index is 11.0. The predicted molar refractivity (Wildman–Crippen MR) is 65.4 cm³/mol. The molecule has 0 aromatic heterocycles. The molecule has 0 unspecified atom stereocenters. The Labute approximate surface area is 96.1 Å². The van der Waals surface area contributed by atoms with Crippen LogP contribution in [0.5, 0.6) is 0 Å². The molecule has 0 aliphatic carbocycles. The van der Waals surface area contributed by atoms with Gasteiger partial charge in [0, 0.05) is 18.3 Å². The topological polar surface area (TPSA) is 38.3 Å². The van der Waals surface area contributed by atoms with Gasteiger partial charge in [0.1, 0.15) is 0 Å². The van der Waals surface area contributed by atoms with Crippen molar-refractivity contribution in [3.05, 3.63) is 42.0 Å². The molecule has 3 nitrogen and oxygen atoms in total. The van der Waals surface area contributed by atoms with Gasteiger partial charge in [0.25, 0.3) is 0 Å². The Bertz CT molecular complexity index is 372. The van der Waals surface area contributed by atoms with E-state index in [1.165, 1.54) is 11.6 Å². The molecule has 0 radical (unpaired) electrons. The van der Waals surface area contributed by atoms with Crippen molar-refractivity contribution in [2.24, 2.45) is 0 Å². The number of carbonyl (C=O) groups excluding carboxylic acids is 1. The fourth-order valence-corrected chi connectivity index (χ4v) is 1.28. The molecule has 0 saturated heterocycles. The van der Waals surface area contributed by atoms with E-state index in [2.05, 4.69) is 11.4 Å². The van der Waals surface area contributed by atoms with Gasteiger partial charge in [-0.25, -0.2) is 4.79 Å². The summed E-state index contributed by atoms with van der Waals surface area (Å²) < 4.78 is 4.76. The molecule has 0 heterocycles. The number of hydrogen-bond donors (Lipinski definition) is 1. The lowest BCUT2D eigenvalue weighted by molar-refractivity contribution is -0.137. The lowest BCUT2D eigenvalue weighted by Gasteiger charge is -2.03. The number of nitrogens with one attached hydrogen (secondary N) is 1. The number of ether oxygens (including phenoxy) is 1. The summed E-state index contributed by atoms with van der Waals surface area (Å²) >= 11 is 0. The summed E-state index contributed by atoms with van der Waals surface area (Å²) in [4.78, 5) is 11.0. The van der Waals surface area contributed by atoms with Gasteiger partial charge in [-0.3, -0.25) is 0 Å². The molecule has 0 bridgehead atoms. The van der Waals surface area contributed by atoms with E-state index in [1.807, 2.05) is 25.1 Å². The minimum Gasteiger partial charge on any atom is -0.463 e. The maximum Gasteiger partial charge on any atom is 0.330 e. The summed E-state index contributed by atoms with van der Waals surface area (Å²) in [5, 5.41) is 3.19. The number of rotatable bonds is 5. The van der Waals surface area contributed by atoms with Crippen molar-refractivity contribution in [3.8, 4) is 0 Å². The van der Waals surface area contributed by atoms with Crippen LogP contribution >= 0.6 is 0 Å². The molecular weight excluding hydrogens is 202 g/mol. The Balaban J connectivity index is 2.33. The van der Waals surface area contributed by atoms with Gasteiger partial charge in [-0.1, -0.05) is 18.2 Å². The molecule has 86 valence electrons. The highest BCUT2D eigenvalue weighted by atomic mass is 16.5. The molecule has 0 fully saturated rings. The van der Waals surface area contributed by atoms with Crippen molar-refractivity contribution in [1.29, 1.82) is 0 Å². The molecule has 1 rings (SSSR count). The third kappa shape index (κ3) is 4.64. The number of esters is 1. The van der Waals surface area contributed by atoms with Crippen molar-refractivity contribution in [1.82, 2.24) is 0 Å². The van der Waals surface area contributed by atoms with E-state index in [4.69, 9.17) is 4.74 Å². The highest BCUT2D eigenvalue weighted by molar-refractivity contribution is 5.81. The first-order valence-electron chi connectivity index (χ1n) is 5.36. The summed E-state index contributed by atoms with van der Waals surface area (Å²) in [5.74, 6) is -0.298. The summed E-state index contributed by atoms with van der Waals surface area (Å²) in [6, 6.07) is 8.08. The van der Waals surface area contributed by atoms with Crippen LogP contribution in [0.1, 0.15) is 12.5 Å². The number of benzene rings is 1. The molecule has 16 heavy (non-hydrogen) atoms. The van der Waals surface area contributed by atoms with Crippen LogP contribution < -0.4 is 5.32 Å². The first kappa shape index (κ1) is 12.3. The molecule has 1 aromatic carbocycles. The lowest BCUT2D eigenvalue weighted by atomic mass is 10.2. The zero-order chi connectivity index (χ0) is 11.8. The minimum atomic E-state index is -0.298. The number of hydrogen-bond acceptors (Lipinski definition) is 3. The van der Waals surface area contributed by atoms with Crippen LogP contribution in [0.25, 0.3) is 0 Å². The molecule has 0 saturated carbocycles. The second-order valence-corrected chi connectivity index (χ2v) is 3.40. The third-order valence-corrected chi connectivity index (χ3v) is 1.98. The van der Waals surface area contributed by atoms with Gasteiger partial charge in [-0.15, -0.1) is 0 Å². The van der Waals surface area contributed by atoms with E-state index in [-0.39, 0.29) is 5.97 Å². The zero-order valence-corrected chi connectivity index (χ0v) is 9.69. The maximum atomic E-state index is 11.0. The van der Waals surface area contributed by atoms with E-state index in [9.17, 15) is 4.79 Å². The Morgan fingerprint density at radius 1 is 1.50 bits per heavy atom. The Morgan fingerprint density at radius 2 is 2.31 bits per heavy atom. The summed E-state index contributed by atoms with van der Waals surface area (Å²) in [5.41, 5.74) is 2.26. The first-order chi connectivity index (χ1) is 7.72. The Morgan fingerprint density at radius 3 is 3.00 bits per heavy atom. The molecule has 0 atom stereocenters. The second kappa shape index (κ2) is 6.67. The molecule has 1 aromatic rings. The largest absolute Gasteiger partial charge is 0.463 e. The average molecular weight is 219 g/mol. The van der Waals surface area contributed by atoms with Gasteiger partial charge in [-0.2, -0.15) is 0 Å². The van der Waals surface area contributed by atoms with E-state index in [0.29, 0.717) is 13.2 Å². The quantitative estimate of drug-likeness (QED) is 0.611. The van der Waals surface area contributed by atoms with Crippen LogP contribution in [0, 0.1) is 6.92 Å². The van der Waals surface area contributed by atoms with Crippen molar-refractivity contribution in [3.63, 3.8) is 0 Å². The fourth-order valence-electron chi connectivity index (χ4n) is 1.28. The molecule has 0 spiro atoms. The lowest BCUT2D eigenvalue weighted by Crippen LogP contribution is -2.02. The zero-order valence-electron chi connectivity index (χ0n) is 9.69. The number of anilines is 1. The van der Waals surface area contributed by atoms with Crippen molar-refractivity contribution < 1.29 is 9.53 Å². The van der Waals surface area contributed by atoms with Crippen molar-refractivity contribution in [2.45, 2.75) is 13.8 Å². The van der Waals surface area contributed by atoms with Gasteiger partial charge in [0.05, 0.1) is 6.61 Å². The molecule has 0 aliphatic rings. The van der Waals surface area contributed by atoms with Gasteiger partial charge in [0.2, 0.25) is 0 Å². The second-order valence-electron chi connectivity index (χ2n) is 3.40. The van der Waals surface area contributed by atoms with E-state index >= 15 is 0 Å². The molecule has 3 heteroatoms. The molecular formula is C13H17NO2. The molecule has 1 N–H and O–H groups in total. The van der Waals surface area contributed by atoms with Crippen LogP contribution in [-0.2, 0) is 9.53 Å². The van der Waals surface area contributed by atoms with Crippen molar-refractivity contribution >= 4 is 11.7 Å². The highest BCUT2D eigenvalue weighted by Crippen LogP contribution is 2.08. The summed E-state index contributed by atoms with van der Waals surface area (Å²) in [6.07, 6.45) is 3.19. The van der Waals surface area contributed by atoms with Gasteiger partial charge >= 0.3 is 5.97 Å². The Hall–Kier alpha value is -1.77. The molecule has 0 amide bonds. The number of carbonyl (C=O) groups is 1. The van der Waals surface area contributed by atoms with Crippen LogP contribution in [0.3, 0.4) is 0 Å². The van der Waals surface area contributed by atoms with E-state index in [0.717, 1.165) is 5.69 Å². The monoisotopic (exact) mass is 219 g/mol. The Kier molecular flexibility index (Phi) is 5.12. The highest BCUT2D eigenvalue weighted by Gasteiger charge is 1.92. The first-order valence-corrected chi connectivity index (χ1v) is 5.36. The standard InChI is InChI=1S/C13H17NO2/c1-3-16-13(15)8-5-9-14-12-7-4-6-11(2)10-12/h4-8,10,14H,3,9H2,1-2H3/b8-5+. The van der Waals surface area contributed by atoms with Crippen molar-refractivity contribution in [2.75, 3.05) is 18.5 Å². The number of aryl methyl sites for hydroxylation is 1. The predicted octanol–water partition coefficient (Wildman–Crippen LogP) is 2.53. The third-order valence-electron chi connectivity index (χ3n) is 1.98. The van der Waals surface area contributed by atoms with Crippen LogP contribution in [-0.4, -0.2) is 19.1 Å². The van der Waals surface area contributed by atoms with Crippen LogP contribution in [0.15, 0.2) is 36.4 Å². The van der Waals surface area contributed by atoms with E-state index < -0.39 is 0 Å². The van der Waals surface area contributed by atoms with Crippen LogP contribution in [0.2, 0.25) is 0 Å². The SMILES string of the molecule is CCOC(=O)/C=C/CNc1cccc(C)c1. The molecule has 0 aliphatic heterocycles. The fraction of sp³-hybridized carbons (Fsp3) is 0.308. The van der Waals surface area contributed by atoms with E-state index in [1.54, 1.807) is 13.0 Å². The summed E-state index contributed by atoms with van der Waals surface area (Å²) in [7, 11) is 0. The minimum absolute atomic E-state index is 0.298. The van der Waals surface area contributed by atoms with Gasteiger partial charge in [-0.05, 0) is 31.5 Å². The summed E-state index contributed by atoms with van der Waals surface area (Å²) in [6.45, 7) is 4.85. The normalized spacial score (nSPS) is 10.4. The van der Waals surface area contributed by atoms with Crippen LogP contribution in [0.4, 0.5) is 5.69 Å². The average Bonchev–Trinajstić information content (AvgIpc) is 2.25. The van der Waals surface area contributed by atoms with Gasteiger partial charge in [0.15, 0.2) is 0 Å². The van der Waals surface area contributed by atoms with Gasteiger partial charge < -0.3 is 10.1 Å².